The molecule has 0 saturated carbocycles. The normalized spacial score (nSPS) is 19.7. The van der Waals surface area contributed by atoms with Gasteiger partial charge in [-0.3, -0.25) is 4.79 Å². The molecule has 1 fully saturated rings. The van der Waals surface area contributed by atoms with Crippen LogP contribution < -0.4 is 0 Å². The minimum atomic E-state index is -4.05. The molecule has 0 bridgehead atoms. The van der Waals surface area contributed by atoms with Crippen LogP contribution >= 0.6 is 39.3 Å². The van der Waals surface area contributed by atoms with Crippen LogP contribution in [-0.2, 0) is 19.6 Å². The van der Waals surface area contributed by atoms with Crippen molar-refractivity contribution in [1.82, 2.24) is 4.31 Å². The molecular weight excluding hydrogens is 409 g/mol. The Labute approximate surface area is 139 Å². The number of carbonyl (C=O) groups excluding carboxylic acids is 1. The van der Waals surface area contributed by atoms with E-state index in [1.165, 1.54) is 18.9 Å². The number of methoxy groups -OCH3 is 1. The highest BCUT2D eigenvalue weighted by Gasteiger charge is 2.42. The largest absolute Gasteiger partial charge is 0.468 e. The molecular formula is C11H10BrClFNO4S2. The lowest BCUT2D eigenvalue weighted by Crippen LogP contribution is -2.42. The summed E-state index contributed by atoms with van der Waals surface area (Å²) in [6, 6.07) is 1.00. The Balaban J connectivity index is 2.50. The average Bonchev–Trinajstić information content (AvgIpc) is 2.86. The second-order valence-corrected chi connectivity index (χ2v) is 8.22. The van der Waals surface area contributed by atoms with Crippen molar-refractivity contribution in [3.63, 3.8) is 0 Å². The van der Waals surface area contributed by atoms with Crippen LogP contribution in [0.3, 0.4) is 0 Å². The summed E-state index contributed by atoms with van der Waals surface area (Å²) in [5.74, 6) is -0.908. The molecule has 116 valence electrons. The van der Waals surface area contributed by atoms with E-state index in [0.717, 1.165) is 16.4 Å². The molecule has 1 atom stereocenters. The zero-order chi connectivity index (χ0) is 15.8. The van der Waals surface area contributed by atoms with Gasteiger partial charge in [-0.2, -0.15) is 4.31 Å². The molecule has 1 heterocycles. The number of carbonyl (C=O) groups is 1. The number of esters is 1. The minimum Gasteiger partial charge on any atom is -0.468 e. The fraction of sp³-hybridized carbons (Fsp3) is 0.364. The topological polar surface area (TPSA) is 63.7 Å². The number of rotatable bonds is 3. The van der Waals surface area contributed by atoms with Gasteiger partial charge in [0, 0.05) is 10.2 Å². The molecule has 21 heavy (non-hydrogen) atoms. The molecule has 1 aromatic rings. The predicted octanol–water partition coefficient (Wildman–Crippen LogP) is 2.48. The molecule has 0 aromatic heterocycles. The van der Waals surface area contributed by atoms with Gasteiger partial charge in [0.2, 0.25) is 10.0 Å². The average molecular weight is 419 g/mol. The summed E-state index contributed by atoms with van der Waals surface area (Å²) in [5, 5.41) is -0.248. The van der Waals surface area contributed by atoms with E-state index in [1.807, 2.05) is 0 Å². The first-order valence-corrected chi connectivity index (χ1v) is 9.37. The van der Waals surface area contributed by atoms with E-state index in [0.29, 0.717) is 5.75 Å². The molecule has 1 aromatic carbocycles. The van der Waals surface area contributed by atoms with Gasteiger partial charge in [0.1, 0.15) is 16.8 Å². The Kier molecular flexibility index (Phi) is 5.19. The lowest BCUT2D eigenvalue weighted by molar-refractivity contribution is -0.143. The van der Waals surface area contributed by atoms with Crippen LogP contribution in [0.1, 0.15) is 0 Å². The van der Waals surface area contributed by atoms with Gasteiger partial charge in [-0.15, -0.1) is 11.8 Å². The van der Waals surface area contributed by atoms with Crippen LogP contribution in [0.25, 0.3) is 0 Å². The van der Waals surface area contributed by atoms with Crippen LogP contribution in [0.2, 0.25) is 5.02 Å². The number of nitrogens with zero attached hydrogens (tertiary/aromatic N) is 1. The first kappa shape index (κ1) is 17.0. The molecule has 1 saturated heterocycles. The molecule has 0 radical (unpaired) electrons. The third-order valence-electron chi connectivity index (χ3n) is 2.84. The first-order valence-electron chi connectivity index (χ1n) is 5.61. The predicted molar refractivity (Wildman–Crippen MR) is 81.3 cm³/mol. The molecule has 0 aliphatic carbocycles. The van der Waals surface area contributed by atoms with Crippen molar-refractivity contribution >= 4 is 55.3 Å². The standard InChI is InChI=1S/C11H10BrClFNO4S2/c1-19-11(16)9-4-20-5-15(9)21(17,18)10-7(12)2-6(14)3-8(10)13/h2-3,9H,4-5H2,1H3/t9-/m0/s1. The van der Waals surface area contributed by atoms with E-state index in [1.54, 1.807) is 0 Å². The van der Waals surface area contributed by atoms with E-state index in [2.05, 4.69) is 20.7 Å². The van der Waals surface area contributed by atoms with E-state index < -0.39 is 27.9 Å². The van der Waals surface area contributed by atoms with Crippen molar-refractivity contribution in [3.05, 3.63) is 27.4 Å². The molecule has 1 aliphatic rings. The van der Waals surface area contributed by atoms with Gasteiger partial charge in [0.15, 0.2) is 0 Å². The lowest BCUT2D eigenvalue weighted by Gasteiger charge is -2.22. The Hall–Kier alpha value is -0.350. The summed E-state index contributed by atoms with van der Waals surface area (Å²) in [4.78, 5) is 11.4. The number of hydrogen-bond donors (Lipinski definition) is 0. The molecule has 0 amide bonds. The van der Waals surface area contributed by atoms with E-state index in [9.17, 15) is 17.6 Å². The molecule has 2 rings (SSSR count). The first-order chi connectivity index (χ1) is 9.78. The maximum atomic E-state index is 13.2. The summed E-state index contributed by atoms with van der Waals surface area (Å²) >= 11 is 10.1. The summed E-state index contributed by atoms with van der Waals surface area (Å²) < 4.78 is 44.2. The Morgan fingerprint density at radius 2 is 2.24 bits per heavy atom. The molecule has 5 nitrogen and oxygen atoms in total. The van der Waals surface area contributed by atoms with Crippen molar-refractivity contribution < 1.29 is 22.3 Å². The Morgan fingerprint density at radius 1 is 1.57 bits per heavy atom. The molecule has 1 aliphatic heterocycles. The highest BCUT2D eigenvalue weighted by atomic mass is 79.9. The zero-order valence-electron chi connectivity index (χ0n) is 10.7. The van der Waals surface area contributed by atoms with E-state index >= 15 is 0 Å². The van der Waals surface area contributed by atoms with Gasteiger partial charge in [-0.25, -0.2) is 12.8 Å². The van der Waals surface area contributed by atoms with Crippen molar-refractivity contribution in [3.8, 4) is 0 Å². The minimum absolute atomic E-state index is 0.00742. The lowest BCUT2D eigenvalue weighted by atomic mass is 10.3. The monoisotopic (exact) mass is 417 g/mol. The summed E-state index contributed by atoms with van der Waals surface area (Å²) in [5.41, 5.74) is 0. The Morgan fingerprint density at radius 3 is 2.81 bits per heavy atom. The number of ether oxygens (including phenoxy) is 1. The summed E-state index contributed by atoms with van der Waals surface area (Å²) in [7, 11) is -2.86. The van der Waals surface area contributed by atoms with E-state index in [-0.39, 0.29) is 20.3 Å². The second kappa shape index (κ2) is 6.41. The van der Waals surface area contributed by atoms with Gasteiger partial charge in [0.05, 0.1) is 18.0 Å². The van der Waals surface area contributed by atoms with Crippen LogP contribution in [-0.4, -0.2) is 43.5 Å². The highest BCUT2D eigenvalue weighted by molar-refractivity contribution is 9.10. The third-order valence-corrected chi connectivity index (χ3v) is 7.28. The van der Waals surface area contributed by atoms with E-state index in [4.69, 9.17) is 11.6 Å². The zero-order valence-corrected chi connectivity index (χ0v) is 14.7. The SMILES string of the molecule is COC(=O)[C@@H]1CSCN1S(=O)(=O)c1c(Cl)cc(F)cc1Br. The number of halogens is 3. The van der Waals surface area contributed by atoms with Crippen molar-refractivity contribution in [2.75, 3.05) is 18.7 Å². The molecule has 0 N–H and O–H groups in total. The maximum absolute atomic E-state index is 13.2. The second-order valence-electron chi connectivity index (χ2n) is 4.13. The molecule has 0 spiro atoms. The molecule has 10 heteroatoms. The van der Waals surface area contributed by atoms with Gasteiger partial charge >= 0.3 is 5.97 Å². The number of sulfonamides is 1. The summed E-state index contributed by atoms with van der Waals surface area (Å²) in [6.07, 6.45) is 0. The summed E-state index contributed by atoms with van der Waals surface area (Å²) in [6.45, 7) is 0. The van der Waals surface area contributed by atoms with Crippen molar-refractivity contribution in [2.24, 2.45) is 0 Å². The molecule has 0 unspecified atom stereocenters. The van der Waals surface area contributed by atoms with Crippen LogP contribution in [0.4, 0.5) is 4.39 Å². The van der Waals surface area contributed by atoms with Crippen LogP contribution in [0, 0.1) is 5.82 Å². The Bertz CT molecular complexity index is 662. The van der Waals surface area contributed by atoms with Crippen LogP contribution in [0.5, 0.6) is 0 Å². The van der Waals surface area contributed by atoms with Crippen LogP contribution in [0.15, 0.2) is 21.5 Å². The smallest absolute Gasteiger partial charge is 0.325 e. The maximum Gasteiger partial charge on any atom is 0.325 e. The fourth-order valence-corrected chi connectivity index (χ4v) is 6.76. The quantitative estimate of drug-likeness (QED) is 0.706. The van der Waals surface area contributed by atoms with Crippen molar-refractivity contribution in [2.45, 2.75) is 10.9 Å². The number of benzene rings is 1. The van der Waals surface area contributed by atoms with Gasteiger partial charge < -0.3 is 4.74 Å². The van der Waals surface area contributed by atoms with Gasteiger partial charge in [0.25, 0.3) is 0 Å². The van der Waals surface area contributed by atoms with Crippen molar-refractivity contribution in [1.29, 1.82) is 0 Å². The number of hydrogen-bond acceptors (Lipinski definition) is 5. The fourth-order valence-electron chi connectivity index (χ4n) is 1.88. The third kappa shape index (κ3) is 3.21. The van der Waals surface area contributed by atoms with Gasteiger partial charge in [-0.05, 0) is 28.1 Å². The van der Waals surface area contributed by atoms with Gasteiger partial charge in [-0.1, -0.05) is 11.6 Å². The highest BCUT2D eigenvalue weighted by Crippen LogP contribution is 2.36. The number of thioether (sulfide) groups is 1.